The number of aromatic nitrogens is 1. The maximum Gasteiger partial charge on any atom is 0.417 e. The second kappa shape index (κ2) is 10.1. The van der Waals surface area contributed by atoms with Crippen LogP contribution in [0, 0.1) is 0 Å². The van der Waals surface area contributed by atoms with E-state index < -0.39 is 23.9 Å². The molecule has 1 aromatic heterocycles. The topological polar surface area (TPSA) is 102 Å². The second-order valence-corrected chi connectivity index (χ2v) is 8.42. The van der Waals surface area contributed by atoms with Crippen LogP contribution in [0.2, 0.25) is 5.02 Å². The van der Waals surface area contributed by atoms with Crippen molar-refractivity contribution in [3.8, 4) is 5.75 Å². The smallest absolute Gasteiger partial charge is 0.417 e. The molecule has 2 aromatic rings. The predicted molar refractivity (Wildman–Crippen MR) is 116 cm³/mol. The summed E-state index contributed by atoms with van der Waals surface area (Å²) in [7, 11) is 0. The number of ether oxygens (including phenoxy) is 2. The SMILES string of the molecule is O=C(NCc1ccc(C(F)(F)F)cn1)[C@@H]1CC[C@@H](NC(=O)[C@H]2CNc3cc(Cl)ccc3O2)CO1. The van der Waals surface area contributed by atoms with Crippen LogP contribution >= 0.6 is 11.6 Å². The molecule has 0 spiro atoms. The number of alkyl halides is 3. The first kappa shape index (κ1) is 24.1. The summed E-state index contributed by atoms with van der Waals surface area (Å²) >= 11 is 5.95. The van der Waals surface area contributed by atoms with E-state index in [2.05, 4.69) is 20.9 Å². The maximum atomic E-state index is 12.6. The van der Waals surface area contributed by atoms with E-state index in [1.165, 1.54) is 6.07 Å². The van der Waals surface area contributed by atoms with Crippen LogP contribution in [0.15, 0.2) is 36.5 Å². The molecule has 0 aliphatic carbocycles. The lowest BCUT2D eigenvalue weighted by molar-refractivity contribution is -0.139. The first-order valence-electron chi connectivity index (χ1n) is 10.6. The highest BCUT2D eigenvalue weighted by molar-refractivity contribution is 6.30. The minimum absolute atomic E-state index is 0.0182. The predicted octanol–water partition coefficient (Wildman–Crippen LogP) is 2.91. The summed E-state index contributed by atoms with van der Waals surface area (Å²) in [5, 5.41) is 9.17. The van der Waals surface area contributed by atoms with E-state index in [0.717, 1.165) is 18.0 Å². The summed E-state index contributed by atoms with van der Waals surface area (Å²) in [6, 6.07) is 6.94. The average Bonchev–Trinajstić information content (AvgIpc) is 2.82. The molecule has 12 heteroatoms. The molecule has 8 nitrogen and oxygen atoms in total. The van der Waals surface area contributed by atoms with Crippen molar-refractivity contribution in [3.63, 3.8) is 0 Å². The first-order chi connectivity index (χ1) is 16.2. The van der Waals surface area contributed by atoms with Crippen LogP contribution in [0.1, 0.15) is 24.1 Å². The van der Waals surface area contributed by atoms with Crippen LogP contribution in [0.3, 0.4) is 0 Å². The van der Waals surface area contributed by atoms with E-state index in [9.17, 15) is 22.8 Å². The molecule has 2 aliphatic heterocycles. The van der Waals surface area contributed by atoms with Gasteiger partial charge in [-0.25, -0.2) is 0 Å². The summed E-state index contributed by atoms with van der Waals surface area (Å²) in [5.74, 6) is -0.144. The molecule has 2 aliphatic rings. The number of benzene rings is 1. The fourth-order valence-corrected chi connectivity index (χ4v) is 3.81. The molecule has 0 saturated carbocycles. The zero-order valence-electron chi connectivity index (χ0n) is 17.8. The summed E-state index contributed by atoms with van der Waals surface area (Å²) < 4.78 is 49.1. The standard InChI is InChI=1S/C22H22ClF3N4O4/c23-13-2-5-17-16(7-13)28-10-19(34-17)21(32)30-15-4-6-18(33-11-15)20(31)29-9-14-3-1-12(8-27-14)22(24,25)26/h1-3,5,7-8,15,18-19,28H,4,6,9-11H2,(H,29,31)(H,30,32)/t15-,18+,19-/m1/s1. The Balaban J connectivity index is 1.20. The zero-order chi connectivity index (χ0) is 24.3. The van der Waals surface area contributed by atoms with E-state index >= 15 is 0 Å². The fourth-order valence-electron chi connectivity index (χ4n) is 3.64. The number of carbonyl (C=O) groups is 2. The molecular formula is C22H22ClF3N4O4. The van der Waals surface area contributed by atoms with Crippen molar-refractivity contribution in [2.45, 2.75) is 43.8 Å². The molecule has 3 heterocycles. The van der Waals surface area contributed by atoms with Gasteiger partial charge in [-0.15, -0.1) is 0 Å². The lowest BCUT2D eigenvalue weighted by Gasteiger charge is -2.31. The van der Waals surface area contributed by atoms with E-state index in [0.29, 0.717) is 29.3 Å². The van der Waals surface area contributed by atoms with Crippen molar-refractivity contribution in [3.05, 3.63) is 52.8 Å². The number of pyridine rings is 1. The van der Waals surface area contributed by atoms with Gasteiger partial charge in [0.15, 0.2) is 6.10 Å². The van der Waals surface area contributed by atoms with Gasteiger partial charge in [0, 0.05) is 11.2 Å². The van der Waals surface area contributed by atoms with Crippen molar-refractivity contribution in [1.82, 2.24) is 15.6 Å². The van der Waals surface area contributed by atoms with E-state index in [1.54, 1.807) is 18.2 Å². The number of fused-ring (bicyclic) bond motifs is 1. The molecule has 3 atom stereocenters. The number of nitrogens with one attached hydrogen (secondary N) is 3. The summed E-state index contributed by atoms with van der Waals surface area (Å²) in [4.78, 5) is 28.7. The third kappa shape index (κ3) is 5.89. The van der Waals surface area contributed by atoms with Crippen molar-refractivity contribution in [2.75, 3.05) is 18.5 Å². The Morgan fingerprint density at radius 3 is 2.65 bits per heavy atom. The number of amides is 2. The van der Waals surface area contributed by atoms with Gasteiger partial charge in [-0.2, -0.15) is 13.2 Å². The number of halogens is 4. The molecule has 182 valence electrons. The molecule has 34 heavy (non-hydrogen) atoms. The number of nitrogens with zero attached hydrogens (tertiary/aromatic N) is 1. The van der Waals surface area contributed by atoms with Gasteiger partial charge in [-0.3, -0.25) is 14.6 Å². The van der Waals surface area contributed by atoms with Crippen molar-refractivity contribution in [2.24, 2.45) is 0 Å². The molecule has 0 radical (unpaired) electrons. The lowest BCUT2D eigenvalue weighted by Crippen LogP contribution is -2.52. The molecule has 0 bridgehead atoms. The third-order valence-corrected chi connectivity index (χ3v) is 5.73. The molecule has 1 aromatic carbocycles. The molecule has 1 fully saturated rings. The van der Waals surface area contributed by atoms with Gasteiger partial charge in [0.25, 0.3) is 5.91 Å². The fraction of sp³-hybridized carbons (Fsp3) is 0.409. The van der Waals surface area contributed by atoms with E-state index in [1.807, 2.05) is 0 Å². The Kier molecular flexibility index (Phi) is 7.13. The number of hydrogen-bond donors (Lipinski definition) is 3. The van der Waals surface area contributed by atoms with Gasteiger partial charge in [0.1, 0.15) is 11.9 Å². The Morgan fingerprint density at radius 2 is 1.97 bits per heavy atom. The Labute approximate surface area is 198 Å². The van der Waals surface area contributed by atoms with Gasteiger partial charge >= 0.3 is 6.18 Å². The van der Waals surface area contributed by atoms with Gasteiger partial charge in [0.2, 0.25) is 5.91 Å². The Morgan fingerprint density at radius 1 is 1.15 bits per heavy atom. The lowest BCUT2D eigenvalue weighted by atomic mass is 10.0. The molecule has 2 amide bonds. The average molecular weight is 499 g/mol. The van der Waals surface area contributed by atoms with Crippen LogP contribution in [-0.2, 0) is 27.0 Å². The number of hydrogen-bond acceptors (Lipinski definition) is 6. The molecule has 3 N–H and O–H groups in total. The highest BCUT2D eigenvalue weighted by Crippen LogP contribution is 2.32. The van der Waals surface area contributed by atoms with Crippen molar-refractivity contribution in [1.29, 1.82) is 0 Å². The number of anilines is 1. The monoisotopic (exact) mass is 498 g/mol. The van der Waals surface area contributed by atoms with Crippen LogP contribution in [0.25, 0.3) is 0 Å². The van der Waals surface area contributed by atoms with E-state index in [4.69, 9.17) is 21.1 Å². The molecule has 4 rings (SSSR count). The van der Waals surface area contributed by atoms with Crippen molar-refractivity contribution >= 4 is 29.1 Å². The summed E-state index contributed by atoms with van der Waals surface area (Å²) in [5.41, 5.74) is 0.166. The van der Waals surface area contributed by atoms with Gasteiger partial charge in [-0.05, 0) is 43.2 Å². The minimum atomic E-state index is -4.46. The highest BCUT2D eigenvalue weighted by atomic mass is 35.5. The number of rotatable bonds is 5. The van der Waals surface area contributed by atoms with Crippen LogP contribution in [0.5, 0.6) is 5.75 Å². The maximum absolute atomic E-state index is 12.6. The second-order valence-electron chi connectivity index (χ2n) is 7.99. The minimum Gasteiger partial charge on any atom is -0.477 e. The normalized spacial score (nSPS) is 22.1. The highest BCUT2D eigenvalue weighted by Gasteiger charge is 2.32. The quantitative estimate of drug-likeness (QED) is 0.586. The largest absolute Gasteiger partial charge is 0.477 e. The van der Waals surface area contributed by atoms with Crippen LogP contribution in [0.4, 0.5) is 18.9 Å². The Hall–Kier alpha value is -3.05. The Bertz CT molecular complexity index is 1040. The van der Waals surface area contributed by atoms with Crippen molar-refractivity contribution < 1.29 is 32.2 Å². The first-order valence-corrected chi connectivity index (χ1v) is 11.0. The zero-order valence-corrected chi connectivity index (χ0v) is 18.6. The summed E-state index contributed by atoms with van der Waals surface area (Å²) in [6.45, 7) is 0.417. The molecular weight excluding hydrogens is 477 g/mol. The number of carbonyl (C=O) groups excluding carboxylic acids is 2. The van der Waals surface area contributed by atoms with Gasteiger partial charge in [0.05, 0.1) is 42.7 Å². The van der Waals surface area contributed by atoms with E-state index in [-0.39, 0.29) is 37.6 Å². The molecule has 0 unspecified atom stereocenters. The van der Waals surface area contributed by atoms with Crippen LogP contribution < -0.4 is 20.7 Å². The van der Waals surface area contributed by atoms with Gasteiger partial charge < -0.3 is 25.4 Å². The van der Waals surface area contributed by atoms with Gasteiger partial charge in [-0.1, -0.05) is 11.6 Å². The summed E-state index contributed by atoms with van der Waals surface area (Å²) in [6.07, 6.45) is -4.27. The molecule has 1 saturated heterocycles. The van der Waals surface area contributed by atoms with Crippen LogP contribution in [-0.4, -0.2) is 48.2 Å². The third-order valence-electron chi connectivity index (χ3n) is 5.49.